The van der Waals surface area contributed by atoms with Gasteiger partial charge in [0.1, 0.15) is 11.3 Å². The van der Waals surface area contributed by atoms with E-state index in [-0.39, 0.29) is 5.54 Å². The van der Waals surface area contributed by atoms with Crippen LogP contribution in [0.5, 0.6) is 0 Å². The standard InChI is InChI=1S/C15H23ClN4/c1-5-19-14-13(10(2)18-19)17-12(8-9-16)20(14)15(3,4)11-6-7-11/h11H,5-9H2,1-4H3. The second-order valence-electron chi connectivity index (χ2n) is 6.30. The van der Waals surface area contributed by atoms with Gasteiger partial charge in [-0.1, -0.05) is 0 Å². The van der Waals surface area contributed by atoms with Crippen LogP contribution in [-0.4, -0.2) is 25.2 Å². The first kappa shape index (κ1) is 13.9. The van der Waals surface area contributed by atoms with Crippen molar-refractivity contribution in [1.29, 1.82) is 0 Å². The zero-order valence-electron chi connectivity index (χ0n) is 12.8. The molecule has 0 saturated heterocycles. The van der Waals surface area contributed by atoms with Crippen LogP contribution in [0.4, 0.5) is 0 Å². The Bertz CT molecular complexity index is 634. The Morgan fingerprint density at radius 3 is 2.60 bits per heavy atom. The molecule has 0 atom stereocenters. The third-order valence-corrected chi connectivity index (χ3v) is 4.74. The molecule has 1 fully saturated rings. The van der Waals surface area contributed by atoms with E-state index in [9.17, 15) is 0 Å². The second kappa shape index (κ2) is 4.76. The lowest BCUT2D eigenvalue weighted by atomic mass is 9.98. The quantitative estimate of drug-likeness (QED) is 0.791. The second-order valence-corrected chi connectivity index (χ2v) is 6.68. The summed E-state index contributed by atoms with van der Waals surface area (Å²) in [6.07, 6.45) is 3.44. The largest absolute Gasteiger partial charge is 0.307 e. The van der Waals surface area contributed by atoms with E-state index >= 15 is 0 Å². The van der Waals surface area contributed by atoms with Crippen LogP contribution in [0.15, 0.2) is 0 Å². The lowest BCUT2D eigenvalue weighted by Crippen LogP contribution is -2.31. The minimum absolute atomic E-state index is 0.0928. The summed E-state index contributed by atoms with van der Waals surface area (Å²) in [6.45, 7) is 9.70. The van der Waals surface area contributed by atoms with Crippen LogP contribution in [0.1, 0.15) is 45.1 Å². The molecule has 2 aromatic heterocycles. The molecule has 0 bridgehead atoms. The van der Waals surface area contributed by atoms with Crippen molar-refractivity contribution in [3.05, 3.63) is 11.5 Å². The van der Waals surface area contributed by atoms with Crippen LogP contribution in [0.25, 0.3) is 11.2 Å². The van der Waals surface area contributed by atoms with Gasteiger partial charge in [0.2, 0.25) is 0 Å². The number of rotatable bonds is 5. The fourth-order valence-corrected chi connectivity index (χ4v) is 3.43. The number of hydrogen-bond acceptors (Lipinski definition) is 2. The van der Waals surface area contributed by atoms with Crippen LogP contribution in [-0.2, 0) is 18.5 Å². The van der Waals surface area contributed by atoms with Crippen molar-refractivity contribution in [3.8, 4) is 0 Å². The molecule has 0 N–H and O–H groups in total. The Labute approximate surface area is 125 Å². The van der Waals surface area contributed by atoms with Crippen molar-refractivity contribution in [3.63, 3.8) is 0 Å². The monoisotopic (exact) mass is 294 g/mol. The summed E-state index contributed by atoms with van der Waals surface area (Å²) in [5, 5.41) is 4.62. The smallest absolute Gasteiger partial charge is 0.159 e. The van der Waals surface area contributed by atoms with Gasteiger partial charge in [-0.05, 0) is 46.5 Å². The Kier molecular flexibility index (Phi) is 3.32. The summed E-state index contributed by atoms with van der Waals surface area (Å²) in [7, 11) is 0. The summed E-state index contributed by atoms with van der Waals surface area (Å²) in [4.78, 5) is 4.84. The molecule has 20 heavy (non-hydrogen) atoms. The molecule has 2 aromatic rings. The fraction of sp³-hybridized carbons (Fsp3) is 0.733. The average molecular weight is 295 g/mol. The first-order valence-electron chi connectivity index (χ1n) is 7.51. The van der Waals surface area contributed by atoms with Gasteiger partial charge in [0.15, 0.2) is 5.65 Å². The van der Waals surface area contributed by atoms with Crippen molar-refractivity contribution in [2.45, 2.75) is 59.0 Å². The van der Waals surface area contributed by atoms with Gasteiger partial charge in [0, 0.05) is 24.4 Å². The number of imidazole rings is 1. The molecule has 0 aliphatic heterocycles. The highest BCUT2D eigenvalue weighted by Crippen LogP contribution is 2.45. The highest BCUT2D eigenvalue weighted by molar-refractivity contribution is 6.17. The number of nitrogens with zero attached hydrogens (tertiary/aromatic N) is 4. The Balaban J connectivity index is 2.27. The van der Waals surface area contributed by atoms with Crippen LogP contribution >= 0.6 is 11.6 Å². The minimum atomic E-state index is 0.0928. The lowest BCUT2D eigenvalue weighted by Gasteiger charge is -2.29. The van der Waals surface area contributed by atoms with Gasteiger partial charge < -0.3 is 4.57 Å². The molecule has 0 unspecified atom stereocenters. The highest BCUT2D eigenvalue weighted by Gasteiger charge is 2.41. The fourth-order valence-electron chi connectivity index (χ4n) is 3.26. The Morgan fingerprint density at radius 2 is 2.05 bits per heavy atom. The summed E-state index contributed by atoms with van der Waals surface area (Å²) < 4.78 is 4.49. The molecule has 3 rings (SSSR count). The maximum atomic E-state index is 5.99. The summed E-state index contributed by atoms with van der Waals surface area (Å²) in [6, 6.07) is 0. The Hall–Kier alpha value is -1.03. The van der Waals surface area contributed by atoms with Gasteiger partial charge in [-0.2, -0.15) is 5.10 Å². The predicted octanol–water partition coefficient (Wildman–Crippen LogP) is 3.49. The third-order valence-electron chi connectivity index (χ3n) is 4.55. The van der Waals surface area contributed by atoms with Gasteiger partial charge in [-0.15, -0.1) is 11.6 Å². The van der Waals surface area contributed by atoms with Crippen molar-refractivity contribution in [1.82, 2.24) is 19.3 Å². The molecular weight excluding hydrogens is 272 g/mol. The molecule has 0 amide bonds. The van der Waals surface area contributed by atoms with Crippen LogP contribution in [0.3, 0.4) is 0 Å². The topological polar surface area (TPSA) is 35.6 Å². The van der Waals surface area contributed by atoms with Crippen LogP contribution < -0.4 is 0 Å². The van der Waals surface area contributed by atoms with Gasteiger partial charge in [-0.25, -0.2) is 9.67 Å². The highest BCUT2D eigenvalue weighted by atomic mass is 35.5. The lowest BCUT2D eigenvalue weighted by molar-refractivity contribution is 0.300. The van der Waals surface area contributed by atoms with Crippen LogP contribution in [0, 0.1) is 12.8 Å². The van der Waals surface area contributed by atoms with E-state index in [1.54, 1.807) is 0 Å². The first-order chi connectivity index (χ1) is 9.50. The maximum Gasteiger partial charge on any atom is 0.159 e. The number of aryl methyl sites for hydroxylation is 3. The average Bonchev–Trinajstić information content (AvgIpc) is 3.13. The molecule has 0 aromatic carbocycles. The molecule has 0 radical (unpaired) electrons. The number of alkyl halides is 1. The molecule has 4 nitrogen and oxygen atoms in total. The van der Waals surface area contributed by atoms with Crippen LogP contribution in [0.2, 0.25) is 0 Å². The summed E-state index contributed by atoms with van der Waals surface area (Å²) in [5.74, 6) is 2.46. The van der Waals surface area contributed by atoms with Crippen molar-refractivity contribution in [2.75, 3.05) is 5.88 Å². The van der Waals surface area contributed by atoms with Crippen molar-refractivity contribution in [2.24, 2.45) is 5.92 Å². The van der Waals surface area contributed by atoms with Gasteiger partial charge in [0.05, 0.1) is 5.69 Å². The zero-order valence-corrected chi connectivity index (χ0v) is 13.5. The van der Waals surface area contributed by atoms with E-state index in [4.69, 9.17) is 16.6 Å². The molecule has 1 aliphatic rings. The SMILES string of the molecule is CCn1nc(C)c2nc(CCCl)n(C(C)(C)C3CC3)c21. The normalized spacial score (nSPS) is 16.2. The van der Waals surface area contributed by atoms with Gasteiger partial charge in [0.25, 0.3) is 0 Å². The van der Waals surface area contributed by atoms with E-state index in [2.05, 4.69) is 35.1 Å². The minimum Gasteiger partial charge on any atom is -0.307 e. The maximum absolute atomic E-state index is 5.99. The van der Waals surface area contributed by atoms with Crippen molar-refractivity contribution < 1.29 is 0 Å². The Morgan fingerprint density at radius 1 is 1.35 bits per heavy atom. The molecule has 2 heterocycles. The summed E-state index contributed by atoms with van der Waals surface area (Å²) in [5.41, 5.74) is 3.32. The molecule has 0 spiro atoms. The number of hydrogen-bond donors (Lipinski definition) is 0. The zero-order chi connectivity index (χ0) is 14.5. The number of halogens is 1. The third kappa shape index (κ3) is 1.96. The van der Waals surface area contributed by atoms with Gasteiger partial charge in [-0.3, -0.25) is 0 Å². The first-order valence-corrected chi connectivity index (χ1v) is 8.05. The number of aromatic nitrogens is 4. The van der Waals surface area contributed by atoms with E-state index in [1.165, 1.54) is 18.5 Å². The van der Waals surface area contributed by atoms with E-state index in [0.717, 1.165) is 35.9 Å². The predicted molar refractivity (Wildman–Crippen MR) is 82.4 cm³/mol. The van der Waals surface area contributed by atoms with E-state index in [1.807, 2.05) is 6.92 Å². The molecule has 1 saturated carbocycles. The molecule has 110 valence electrons. The number of fused-ring (bicyclic) bond motifs is 1. The van der Waals surface area contributed by atoms with E-state index < -0.39 is 0 Å². The molecule has 5 heteroatoms. The summed E-state index contributed by atoms with van der Waals surface area (Å²) >= 11 is 5.99. The van der Waals surface area contributed by atoms with Gasteiger partial charge >= 0.3 is 0 Å². The molecule has 1 aliphatic carbocycles. The molecular formula is C15H23ClN4. The van der Waals surface area contributed by atoms with Crippen molar-refractivity contribution >= 4 is 22.8 Å². The van der Waals surface area contributed by atoms with E-state index in [0.29, 0.717) is 5.88 Å².